The lowest BCUT2D eigenvalue weighted by molar-refractivity contribution is 0.629. The molecule has 0 amide bonds. The molecule has 1 aromatic carbocycles. The van der Waals surface area contributed by atoms with Gasteiger partial charge in [-0.25, -0.2) is 9.37 Å². The standard InChI is InChI=1S/C14H17FN2/c1-4-16-14-12(9(2)3)7-10-5-6-11(15)8-13(10)17-14/h5-9H,4H2,1-3H3,(H,16,17). The number of benzene rings is 1. The molecule has 0 aliphatic heterocycles. The van der Waals surface area contributed by atoms with Crippen molar-refractivity contribution in [3.63, 3.8) is 0 Å². The van der Waals surface area contributed by atoms with Crippen LogP contribution in [0.2, 0.25) is 0 Å². The molecular weight excluding hydrogens is 215 g/mol. The topological polar surface area (TPSA) is 24.9 Å². The lowest BCUT2D eigenvalue weighted by Crippen LogP contribution is -2.05. The second-order valence-electron chi connectivity index (χ2n) is 4.45. The average molecular weight is 232 g/mol. The van der Waals surface area contributed by atoms with Crippen LogP contribution in [0, 0.1) is 5.82 Å². The van der Waals surface area contributed by atoms with Gasteiger partial charge in [0, 0.05) is 18.0 Å². The summed E-state index contributed by atoms with van der Waals surface area (Å²) in [5, 5.41) is 4.22. The number of anilines is 1. The number of hydrogen-bond donors (Lipinski definition) is 1. The molecule has 90 valence electrons. The van der Waals surface area contributed by atoms with Crippen LogP contribution in [-0.2, 0) is 0 Å². The van der Waals surface area contributed by atoms with Gasteiger partial charge in [-0.2, -0.15) is 0 Å². The van der Waals surface area contributed by atoms with E-state index in [4.69, 9.17) is 0 Å². The van der Waals surface area contributed by atoms with Gasteiger partial charge in [0.1, 0.15) is 11.6 Å². The fourth-order valence-electron chi connectivity index (χ4n) is 1.91. The summed E-state index contributed by atoms with van der Waals surface area (Å²) in [7, 11) is 0. The van der Waals surface area contributed by atoms with Crippen LogP contribution >= 0.6 is 0 Å². The van der Waals surface area contributed by atoms with Gasteiger partial charge in [-0.1, -0.05) is 13.8 Å². The average Bonchev–Trinajstić information content (AvgIpc) is 2.28. The molecule has 0 spiro atoms. The summed E-state index contributed by atoms with van der Waals surface area (Å²) in [4.78, 5) is 4.50. The molecule has 0 unspecified atom stereocenters. The highest BCUT2D eigenvalue weighted by atomic mass is 19.1. The van der Waals surface area contributed by atoms with E-state index in [2.05, 4.69) is 30.2 Å². The second kappa shape index (κ2) is 4.70. The van der Waals surface area contributed by atoms with E-state index < -0.39 is 0 Å². The molecule has 17 heavy (non-hydrogen) atoms. The van der Waals surface area contributed by atoms with Crippen LogP contribution in [-0.4, -0.2) is 11.5 Å². The van der Waals surface area contributed by atoms with E-state index in [1.165, 1.54) is 17.7 Å². The Balaban J connectivity index is 2.63. The van der Waals surface area contributed by atoms with Gasteiger partial charge in [0.2, 0.25) is 0 Å². The summed E-state index contributed by atoms with van der Waals surface area (Å²) in [6.45, 7) is 7.11. The van der Waals surface area contributed by atoms with Gasteiger partial charge < -0.3 is 5.32 Å². The molecule has 2 nitrogen and oxygen atoms in total. The van der Waals surface area contributed by atoms with Crippen LogP contribution in [0.15, 0.2) is 24.3 Å². The number of halogens is 1. The maximum atomic E-state index is 13.2. The normalized spacial score (nSPS) is 11.1. The molecule has 3 heteroatoms. The van der Waals surface area contributed by atoms with E-state index in [9.17, 15) is 4.39 Å². The third kappa shape index (κ3) is 2.38. The zero-order chi connectivity index (χ0) is 12.4. The van der Waals surface area contributed by atoms with E-state index in [-0.39, 0.29) is 5.82 Å². The van der Waals surface area contributed by atoms with E-state index in [0.717, 1.165) is 17.7 Å². The van der Waals surface area contributed by atoms with Crippen LogP contribution in [0.4, 0.5) is 10.2 Å². The quantitative estimate of drug-likeness (QED) is 0.867. The molecule has 0 saturated heterocycles. The van der Waals surface area contributed by atoms with E-state index in [0.29, 0.717) is 11.4 Å². The van der Waals surface area contributed by atoms with Crippen molar-refractivity contribution in [2.24, 2.45) is 0 Å². The highest BCUT2D eigenvalue weighted by molar-refractivity contribution is 5.82. The Hall–Kier alpha value is -1.64. The summed E-state index contributed by atoms with van der Waals surface area (Å²) in [5.41, 5.74) is 1.87. The van der Waals surface area contributed by atoms with Crippen LogP contribution < -0.4 is 5.32 Å². The molecular formula is C14H17FN2. The first kappa shape index (κ1) is 11.8. The van der Waals surface area contributed by atoms with Crippen molar-refractivity contribution in [1.29, 1.82) is 0 Å². The van der Waals surface area contributed by atoms with Crippen molar-refractivity contribution in [1.82, 2.24) is 4.98 Å². The fourth-order valence-corrected chi connectivity index (χ4v) is 1.91. The van der Waals surface area contributed by atoms with Gasteiger partial charge in [-0.3, -0.25) is 0 Å². The first-order chi connectivity index (χ1) is 8.11. The Kier molecular flexibility index (Phi) is 3.27. The molecule has 2 rings (SSSR count). The first-order valence-corrected chi connectivity index (χ1v) is 5.96. The van der Waals surface area contributed by atoms with Gasteiger partial charge in [0.15, 0.2) is 0 Å². The van der Waals surface area contributed by atoms with E-state index >= 15 is 0 Å². The number of nitrogens with zero attached hydrogens (tertiary/aromatic N) is 1. The Labute approximate surface area is 101 Å². The van der Waals surface area contributed by atoms with Crippen molar-refractivity contribution >= 4 is 16.7 Å². The van der Waals surface area contributed by atoms with E-state index in [1.54, 1.807) is 6.07 Å². The summed E-state index contributed by atoms with van der Waals surface area (Å²) in [6, 6.07) is 6.81. The molecule has 0 bridgehead atoms. The third-order valence-corrected chi connectivity index (χ3v) is 2.78. The number of pyridine rings is 1. The highest BCUT2D eigenvalue weighted by Gasteiger charge is 2.09. The predicted molar refractivity (Wildman–Crippen MR) is 70.0 cm³/mol. The minimum atomic E-state index is -0.246. The summed E-state index contributed by atoms with van der Waals surface area (Å²) < 4.78 is 13.2. The zero-order valence-corrected chi connectivity index (χ0v) is 10.4. The van der Waals surface area contributed by atoms with Gasteiger partial charge >= 0.3 is 0 Å². The Bertz CT molecular complexity index is 535. The first-order valence-electron chi connectivity index (χ1n) is 5.96. The SMILES string of the molecule is CCNc1nc2cc(F)ccc2cc1C(C)C. The number of fused-ring (bicyclic) bond motifs is 1. The van der Waals surface area contributed by atoms with Gasteiger partial charge in [-0.05, 0) is 36.6 Å². The predicted octanol–water partition coefficient (Wildman–Crippen LogP) is 3.93. The summed E-state index contributed by atoms with van der Waals surface area (Å²) >= 11 is 0. The van der Waals surface area contributed by atoms with Crippen molar-refractivity contribution in [2.75, 3.05) is 11.9 Å². The molecule has 1 heterocycles. The van der Waals surface area contributed by atoms with Gasteiger partial charge in [0.25, 0.3) is 0 Å². The summed E-state index contributed by atoms with van der Waals surface area (Å²) in [5.74, 6) is 1.01. The van der Waals surface area contributed by atoms with Gasteiger partial charge in [-0.15, -0.1) is 0 Å². The molecule has 0 atom stereocenters. The number of hydrogen-bond acceptors (Lipinski definition) is 2. The number of nitrogens with one attached hydrogen (secondary N) is 1. The minimum Gasteiger partial charge on any atom is -0.370 e. The second-order valence-corrected chi connectivity index (χ2v) is 4.45. The minimum absolute atomic E-state index is 0.246. The molecule has 1 N–H and O–H groups in total. The van der Waals surface area contributed by atoms with Crippen molar-refractivity contribution in [3.05, 3.63) is 35.6 Å². The van der Waals surface area contributed by atoms with Gasteiger partial charge in [0.05, 0.1) is 5.52 Å². The van der Waals surface area contributed by atoms with Crippen LogP contribution in [0.3, 0.4) is 0 Å². The van der Waals surface area contributed by atoms with Crippen LogP contribution in [0.5, 0.6) is 0 Å². The molecule has 0 aliphatic rings. The maximum absolute atomic E-state index is 13.2. The molecule has 2 aromatic rings. The molecule has 0 saturated carbocycles. The van der Waals surface area contributed by atoms with Crippen molar-refractivity contribution in [3.8, 4) is 0 Å². The van der Waals surface area contributed by atoms with Crippen LogP contribution in [0.1, 0.15) is 32.3 Å². The molecule has 0 fully saturated rings. The maximum Gasteiger partial charge on any atom is 0.130 e. The fraction of sp³-hybridized carbons (Fsp3) is 0.357. The number of rotatable bonds is 3. The third-order valence-electron chi connectivity index (χ3n) is 2.78. The molecule has 0 radical (unpaired) electrons. The lowest BCUT2D eigenvalue weighted by Gasteiger charge is -2.14. The number of aromatic nitrogens is 1. The Morgan fingerprint density at radius 2 is 2.06 bits per heavy atom. The Morgan fingerprint density at radius 3 is 2.71 bits per heavy atom. The van der Waals surface area contributed by atoms with E-state index in [1.807, 2.05) is 6.92 Å². The lowest BCUT2D eigenvalue weighted by atomic mass is 10.0. The molecule has 0 aliphatic carbocycles. The Morgan fingerprint density at radius 1 is 1.29 bits per heavy atom. The molecule has 1 aromatic heterocycles. The monoisotopic (exact) mass is 232 g/mol. The smallest absolute Gasteiger partial charge is 0.130 e. The van der Waals surface area contributed by atoms with Crippen molar-refractivity contribution in [2.45, 2.75) is 26.7 Å². The highest BCUT2D eigenvalue weighted by Crippen LogP contribution is 2.27. The largest absolute Gasteiger partial charge is 0.370 e. The summed E-state index contributed by atoms with van der Waals surface area (Å²) in [6.07, 6.45) is 0. The van der Waals surface area contributed by atoms with Crippen molar-refractivity contribution < 1.29 is 4.39 Å². The zero-order valence-electron chi connectivity index (χ0n) is 10.4. The van der Waals surface area contributed by atoms with Crippen LogP contribution in [0.25, 0.3) is 10.9 Å².